The second-order valence-corrected chi connectivity index (χ2v) is 7.11. The van der Waals surface area contributed by atoms with Gasteiger partial charge in [-0.15, -0.1) is 5.06 Å². The van der Waals surface area contributed by atoms with Crippen LogP contribution < -0.4 is 4.90 Å². The standard InChI is InChI=1S/C15H10N2O9S/c18-11-4-5-12(19)16(11)9-3-1-2-8(6-9)15(22)26-17-13(20)7-10(14(17)21)27(23,24)25/h1-6,10H,7H2,(H,23,24,25)/t10-/m0/s1. The van der Waals surface area contributed by atoms with Crippen LogP contribution in [0, 0.1) is 0 Å². The molecule has 0 bridgehead atoms. The molecule has 2 aliphatic heterocycles. The highest BCUT2D eigenvalue weighted by atomic mass is 32.2. The van der Waals surface area contributed by atoms with Crippen molar-refractivity contribution < 1.29 is 41.8 Å². The van der Waals surface area contributed by atoms with Gasteiger partial charge in [-0.25, -0.2) is 9.69 Å². The molecule has 4 amide bonds. The minimum Gasteiger partial charge on any atom is -0.325 e. The van der Waals surface area contributed by atoms with Gasteiger partial charge < -0.3 is 4.84 Å². The van der Waals surface area contributed by atoms with Gasteiger partial charge >= 0.3 is 5.97 Å². The Morgan fingerprint density at radius 2 is 1.74 bits per heavy atom. The van der Waals surface area contributed by atoms with Gasteiger partial charge in [0.1, 0.15) is 0 Å². The van der Waals surface area contributed by atoms with Crippen molar-refractivity contribution in [2.24, 2.45) is 0 Å². The SMILES string of the molecule is O=C(ON1C(=O)C[C@H](S(=O)(=O)O)C1=O)c1cccc(N2C(=O)C=CC2=O)c1. The Balaban J connectivity index is 1.80. The fourth-order valence-corrected chi connectivity index (χ4v) is 3.18. The molecule has 0 spiro atoms. The first kappa shape index (κ1) is 18.4. The number of benzene rings is 1. The van der Waals surface area contributed by atoms with Gasteiger partial charge in [0.05, 0.1) is 17.7 Å². The van der Waals surface area contributed by atoms with Gasteiger partial charge in [-0.05, 0) is 18.2 Å². The van der Waals surface area contributed by atoms with E-state index in [0.717, 1.165) is 23.1 Å². The topological polar surface area (TPSA) is 155 Å². The summed E-state index contributed by atoms with van der Waals surface area (Å²) >= 11 is 0. The Morgan fingerprint density at radius 3 is 2.30 bits per heavy atom. The maximum absolute atomic E-state index is 12.2. The monoisotopic (exact) mass is 394 g/mol. The summed E-state index contributed by atoms with van der Waals surface area (Å²) in [5.41, 5.74) is -0.157. The Hall–Kier alpha value is -3.38. The van der Waals surface area contributed by atoms with Crippen LogP contribution in [-0.4, -0.2) is 52.9 Å². The number of amides is 4. The molecule has 0 radical (unpaired) electrons. The molecule has 1 saturated heterocycles. The molecule has 3 rings (SSSR count). The number of rotatable bonds is 4. The third kappa shape index (κ3) is 3.35. The van der Waals surface area contributed by atoms with Gasteiger partial charge in [-0.3, -0.25) is 23.7 Å². The molecule has 0 saturated carbocycles. The van der Waals surface area contributed by atoms with E-state index >= 15 is 0 Å². The van der Waals surface area contributed by atoms with Gasteiger partial charge in [0.25, 0.3) is 33.7 Å². The molecule has 140 valence electrons. The number of imide groups is 2. The molecule has 1 aromatic rings. The minimum absolute atomic E-state index is 0.0405. The van der Waals surface area contributed by atoms with Crippen molar-refractivity contribution in [3.63, 3.8) is 0 Å². The van der Waals surface area contributed by atoms with E-state index < -0.39 is 51.4 Å². The Labute approximate surface area is 151 Å². The van der Waals surface area contributed by atoms with Crippen LogP contribution in [-0.2, 0) is 34.1 Å². The van der Waals surface area contributed by atoms with Crippen molar-refractivity contribution in [1.82, 2.24) is 5.06 Å². The summed E-state index contributed by atoms with van der Waals surface area (Å²) in [5.74, 6) is -4.97. The summed E-state index contributed by atoms with van der Waals surface area (Å²) in [6.07, 6.45) is 1.22. The maximum atomic E-state index is 12.2. The molecule has 27 heavy (non-hydrogen) atoms. The van der Waals surface area contributed by atoms with Crippen molar-refractivity contribution in [3.8, 4) is 0 Å². The smallest absolute Gasteiger partial charge is 0.325 e. The Kier molecular flexibility index (Phi) is 4.37. The van der Waals surface area contributed by atoms with Gasteiger partial charge in [0, 0.05) is 12.2 Å². The molecule has 0 unspecified atom stereocenters. The van der Waals surface area contributed by atoms with E-state index in [1.165, 1.54) is 18.2 Å². The minimum atomic E-state index is -4.84. The highest BCUT2D eigenvalue weighted by Crippen LogP contribution is 2.23. The van der Waals surface area contributed by atoms with Crippen LogP contribution in [0.15, 0.2) is 36.4 Å². The summed E-state index contributed by atoms with van der Waals surface area (Å²) in [6.45, 7) is 0. The van der Waals surface area contributed by atoms with Crippen molar-refractivity contribution in [1.29, 1.82) is 0 Å². The van der Waals surface area contributed by atoms with Gasteiger partial charge in [-0.2, -0.15) is 8.42 Å². The molecule has 1 N–H and O–H groups in total. The molecular weight excluding hydrogens is 384 g/mol. The van der Waals surface area contributed by atoms with Crippen LogP contribution in [0.2, 0.25) is 0 Å². The van der Waals surface area contributed by atoms with E-state index in [0.29, 0.717) is 0 Å². The Bertz CT molecular complexity index is 1010. The van der Waals surface area contributed by atoms with Crippen LogP contribution in [0.3, 0.4) is 0 Å². The lowest BCUT2D eigenvalue weighted by atomic mass is 10.2. The Morgan fingerprint density at radius 1 is 1.11 bits per heavy atom. The van der Waals surface area contributed by atoms with Crippen molar-refractivity contribution in [3.05, 3.63) is 42.0 Å². The zero-order valence-electron chi connectivity index (χ0n) is 13.3. The molecule has 2 heterocycles. The van der Waals surface area contributed by atoms with Crippen LogP contribution in [0.4, 0.5) is 5.69 Å². The number of carbonyl (C=O) groups excluding carboxylic acids is 5. The quantitative estimate of drug-likeness (QED) is 0.510. The fourth-order valence-electron chi connectivity index (χ4n) is 2.47. The van der Waals surface area contributed by atoms with Gasteiger partial charge in [0.2, 0.25) is 0 Å². The summed E-state index contributed by atoms with van der Waals surface area (Å²) in [6, 6.07) is 5.06. The summed E-state index contributed by atoms with van der Waals surface area (Å²) < 4.78 is 31.1. The number of hydrogen-bond donors (Lipinski definition) is 1. The lowest BCUT2D eigenvalue weighted by Gasteiger charge is -2.16. The number of carbonyl (C=O) groups is 5. The maximum Gasteiger partial charge on any atom is 0.363 e. The summed E-state index contributed by atoms with van der Waals surface area (Å²) in [7, 11) is -4.84. The molecule has 1 aromatic carbocycles. The normalized spacial score (nSPS) is 20.0. The van der Waals surface area contributed by atoms with E-state index in [9.17, 15) is 32.4 Å². The second-order valence-electron chi connectivity index (χ2n) is 5.51. The first-order valence-electron chi connectivity index (χ1n) is 7.31. The highest BCUT2D eigenvalue weighted by molar-refractivity contribution is 7.87. The molecule has 0 aromatic heterocycles. The second kappa shape index (κ2) is 6.41. The molecule has 11 nitrogen and oxygen atoms in total. The molecule has 1 fully saturated rings. The van der Waals surface area contributed by atoms with E-state index in [1.54, 1.807) is 0 Å². The van der Waals surface area contributed by atoms with Crippen LogP contribution in [0.25, 0.3) is 0 Å². The number of nitrogens with zero attached hydrogens (tertiary/aromatic N) is 2. The third-order valence-electron chi connectivity index (χ3n) is 3.75. The van der Waals surface area contributed by atoms with Crippen LogP contribution in [0.5, 0.6) is 0 Å². The van der Waals surface area contributed by atoms with Crippen molar-refractivity contribution in [2.45, 2.75) is 11.7 Å². The third-order valence-corrected chi connectivity index (χ3v) is 4.83. The average molecular weight is 394 g/mol. The number of anilines is 1. The molecule has 12 heteroatoms. The van der Waals surface area contributed by atoms with E-state index in [2.05, 4.69) is 4.84 Å². The first-order chi connectivity index (χ1) is 12.6. The van der Waals surface area contributed by atoms with Crippen molar-refractivity contribution >= 4 is 45.4 Å². The fraction of sp³-hybridized carbons (Fsp3) is 0.133. The zero-order chi connectivity index (χ0) is 19.9. The molecule has 2 aliphatic rings. The van der Waals surface area contributed by atoms with Gasteiger partial charge in [-0.1, -0.05) is 6.07 Å². The molecular formula is C15H10N2O9S. The summed E-state index contributed by atoms with van der Waals surface area (Å²) in [4.78, 5) is 64.6. The zero-order valence-corrected chi connectivity index (χ0v) is 14.1. The largest absolute Gasteiger partial charge is 0.363 e. The molecule has 0 aliphatic carbocycles. The number of hydrogen-bond acceptors (Lipinski definition) is 8. The van der Waals surface area contributed by atoms with E-state index in [1.807, 2.05) is 0 Å². The lowest BCUT2D eigenvalue weighted by Crippen LogP contribution is -2.36. The van der Waals surface area contributed by atoms with Crippen LogP contribution >= 0.6 is 0 Å². The van der Waals surface area contributed by atoms with E-state index in [4.69, 9.17) is 4.55 Å². The number of hydroxylamine groups is 2. The molecule has 1 atom stereocenters. The highest BCUT2D eigenvalue weighted by Gasteiger charge is 2.48. The van der Waals surface area contributed by atoms with E-state index in [-0.39, 0.29) is 16.3 Å². The predicted octanol–water partition coefficient (Wildman–Crippen LogP) is -0.797. The summed E-state index contributed by atoms with van der Waals surface area (Å²) in [5, 5.41) is -2.09. The first-order valence-corrected chi connectivity index (χ1v) is 8.81. The average Bonchev–Trinajstić information content (AvgIpc) is 3.08. The van der Waals surface area contributed by atoms with Crippen molar-refractivity contribution in [2.75, 3.05) is 4.90 Å². The van der Waals surface area contributed by atoms with Gasteiger partial charge in [0.15, 0.2) is 5.25 Å². The van der Waals surface area contributed by atoms with Crippen LogP contribution in [0.1, 0.15) is 16.8 Å². The predicted molar refractivity (Wildman–Crippen MR) is 85.3 cm³/mol. The lowest BCUT2D eigenvalue weighted by molar-refractivity contribution is -0.172.